The molecule has 0 radical (unpaired) electrons. The van der Waals surface area contributed by atoms with Gasteiger partial charge in [-0.1, -0.05) is 44.5 Å². The van der Waals surface area contributed by atoms with Gasteiger partial charge in [-0.15, -0.1) is 17.1 Å². The van der Waals surface area contributed by atoms with E-state index < -0.39 is 29.4 Å². The molecular formula is C33H30F6O3S. The Morgan fingerprint density at radius 1 is 0.860 bits per heavy atom. The first-order valence-electron chi connectivity index (χ1n) is 13.5. The molecule has 1 heterocycles. The molecule has 4 rings (SSSR count). The number of ether oxygens (including phenoxy) is 1. The Morgan fingerprint density at radius 3 is 1.95 bits per heavy atom. The predicted molar refractivity (Wildman–Crippen MR) is 157 cm³/mol. The van der Waals surface area contributed by atoms with Crippen LogP contribution in [-0.2, 0) is 28.3 Å². The maximum absolute atomic E-state index is 13.1. The van der Waals surface area contributed by atoms with E-state index in [1.54, 1.807) is 30.4 Å². The quantitative estimate of drug-likeness (QED) is 0.191. The van der Waals surface area contributed by atoms with Crippen molar-refractivity contribution < 1.29 is 41.0 Å². The first-order chi connectivity index (χ1) is 20.3. The summed E-state index contributed by atoms with van der Waals surface area (Å²) in [6, 6.07) is 11.2. The minimum Gasteiger partial charge on any atom is -0.493 e. The van der Waals surface area contributed by atoms with E-state index in [2.05, 4.69) is 19.6 Å². The Bertz CT molecular complexity index is 1500. The van der Waals surface area contributed by atoms with E-state index in [0.29, 0.717) is 45.7 Å². The molecule has 228 valence electrons. The van der Waals surface area contributed by atoms with Crippen molar-refractivity contribution >= 4 is 17.3 Å². The third-order valence-electron chi connectivity index (χ3n) is 6.00. The van der Waals surface area contributed by atoms with E-state index >= 15 is 0 Å². The van der Waals surface area contributed by atoms with Gasteiger partial charge in [-0.3, -0.25) is 4.79 Å². The normalized spacial score (nSPS) is 13.0. The Balaban J connectivity index is 0.00000162. The summed E-state index contributed by atoms with van der Waals surface area (Å²) in [5, 5.41) is 8.86. The SMILES string of the molecule is CCC.O=C(O)CCC1=C=CC=C(OCCc2sc(-c3ccc(C(F)(F)F)cc3)cc2-c2ccc(C(F)(F)F)cc2)C=C1. The van der Waals surface area contributed by atoms with E-state index in [1.165, 1.54) is 42.0 Å². The van der Waals surface area contributed by atoms with Gasteiger partial charge in [0.25, 0.3) is 0 Å². The zero-order chi connectivity index (χ0) is 31.6. The van der Waals surface area contributed by atoms with Crippen LogP contribution >= 0.6 is 11.3 Å². The van der Waals surface area contributed by atoms with Crippen molar-refractivity contribution in [2.75, 3.05) is 6.61 Å². The molecule has 0 aliphatic heterocycles. The van der Waals surface area contributed by atoms with E-state index in [-0.39, 0.29) is 13.0 Å². The summed E-state index contributed by atoms with van der Waals surface area (Å²) in [7, 11) is 0. The number of benzene rings is 2. The van der Waals surface area contributed by atoms with Gasteiger partial charge >= 0.3 is 18.3 Å². The molecule has 3 aromatic rings. The van der Waals surface area contributed by atoms with Gasteiger partial charge in [0.1, 0.15) is 5.76 Å². The minimum atomic E-state index is -4.48. The fraction of sp³-hybridized carbons (Fsp3) is 0.273. The second-order valence-electron chi connectivity index (χ2n) is 9.54. The molecule has 1 aliphatic rings. The van der Waals surface area contributed by atoms with E-state index in [4.69, 9.17) is 9.84 Å². The highest BCUT2D eigenvalue weighted by Crippen LogP contribution is 2.40. The Labute approximate surface area is 250 Å². The van der Waals surface area contributed by atoms with E-state index in [1.807, 2.05) is 0 Å². The number of hydrogen-bond acceptors (Lipinski definition) is 3. The van der Waals surface area contributed by atoms with Gasteiger partial charge in [0.05, 0.1) is 17.7 Å². The highest BCUT2D eigenvalue weighted by atomic mass is 32.1. The molecule has 2 aromatic carbocycles. The maximum Gasteiger partial charge on any atom is 0.416 e. The average Bonchev–Trinajstić information content (AvgIpc) is 3.24. The molecule has 0 spiro atoms. The van der Waals surface area contributed by atoms with Crippen molar-refractivity contribution in [1.82, 2.24) is 0 Å². The molecule has 0 unspecified atom stereocenters. The minimum absolute atomic E-state index is 0.0247. The standard InChI is InChI=1S/C30H22F6O3S.C3H8/c31-29(32,33)22-10-6-20(7-11-22)25-18-27(21-8-12-23(13-9-21)30(34,35)36)40-26(25)16-17-39-24-3-1-2-19(4-14-24)5-15-28(37)38;1-3-2/h1,3-4,6-14,18H,5,15-17H2,(H,37,38);3H2,1-2H3. The van der Waals surface area contributed by atoms with Crippen LogP contribution < -0.4 is 0 Å². The molecule has 0 saturated carbocycles. The number of carboxylic acid groups (broad SMARTS) is 1. The lowest BCUT2D eigenvalue weighted by Gasteiger charge is -2.09. The molecule has 0 saturated heterocycles. The van der Waals surface area contributed by atoms with Crippen molar-refractivity contribution in [3.8, 4) is 21.6 Å². The molecule has 0 bridgehead atoms. The van der Waals surface area contributed by atoms with Crippen LogP contribution in [0.5, 0.6) is 0 Å². The highest BCUT2D eigenvalue weighted by molar-refractivity contribution is 7.16. The predicted octanol–water partition coefficient (Wildman–Crippen LogP) is 10.5. The summed E-state index contributed by atoms with van der Waals surface area (Å²) in [5.74, 6) is -0.389. The van der Waals surface area contributed by atoms with Crippen molar-refractivity contribution in [1.29, 1.82) is 0 Å². The molecule has 0 fully saturated rings. The van der Waals surface area contributed by atoms with Crippen molar-refractivity contribution in [2.24, 2.45) is 0 Å². The van der Waals surface area contributed by atoms with Gasteiger partial charge < -0.3 is 9.84 Å². The summed E-state index contributed by atoms with van der Waals surface area (Å²) in [6.07, 6.45) is -0.277. The molecule has 0 atom stereocenters. The topological polar surface area (TPSA) is 46.5 Å². The third kappa shape index (κ3) is 10.0. The van der Waals surface area contributed by atoms with Crippen LogP contribution in [0.1, 0.15) is 49.1 Å². The summed E-state index contributed by atoms with van der Waals surface area (Å²) < 4.78 is 84.1. The summed E-state index contributed by atoms with van der Waals surface area (Å²) in [4.78, 5) is 12.3. The van der Waals surface area contributed by atoms with Gasteiger partial charge in [0.15, 0.2) is 0 Å². The molecule has 0 amide bonds. The van der Waals surface area contributed by atoms with Crippen LogP contribution in [0.15, 0.2) is 96.0 Å². The lowest BCUT2D eigenvalue weighted by molar-refractivity contribution is -0.138. The van der Waals surface area contributed by atoms with Crippen LogP contribution in [0.4, 0.5) is 26.3 Å². The molecule has 1 aliphatic carbocycles. The summed E-state index contributed by atoms with van der Waals surface area (Å²) in [6.45, 7) is 4.47. The number of hydrogen-bond donors (Lipinski definition) is 1. The molecular weight excluding hydrogens is 590 g/mol. The Hall–Kier alpha value is -4.01. The number of allylic oxidation sites excluding steroid dienone is 4. The van der Waals surface area contributed by atoms with Crippen molar-refractivity contribution in [3.05, 3.63) is 112 Å². The van der Waals surface area contributed by atoms with E-state index in [9.17, 15) is 31.1 Å². The molecule has 43 heavy (non-hydrogen) atoms. The molecule has 1 N–H and O–H groups in total. The smallest absolute Gasteiger partial charge is 0.416 e. The second-order valence-corrected chi connectivity index (χ2v) is 10.7. The van der Waals surface area contributed by atoms with Gasteiger partial charge in [-0.2, -0.15) is 26.3 Å². The van der Waals surface area contributed by atoms with Crippen LogP contribution in [0.25, 0.3) is 21.6 Å². The van der Waals surface area contributed by atoms with E-state index in [0.717, 1.165) is 29.1 Å². The Morgan fingerprint density at radius 2 is 1.42 bits per heavy atom. The lowest BCUT2D eigenvalue weighted by Crippen LogP contribution is -2.04. The monoisotopic (exact) mass is 620 g/mol. The Kier molecular flexibility index (Phi) is 11.6. The molecule has 3 nitrogen and oxygen atoms in total. The first kappa shape index (κ1) is 33.5. The number of thiophene rings is 1. The van der Waals surface area contributed by atoms with Crippen molar-refractivity contribution in [2.45, 2.75) is 51.9 Å². The molecule has 1 aromatic heterocycles. The van der Waals surface area contributed by atoms with Crippen LogP contribution in [0.2, 0.25) is 0 Å². The fourth-order valence-corrected chi connectivity index (χ4v) is 5.10. The summed E-state index contributed by atoms with van der Waals surface area (Å²) >= 11 is 1.33. The van der Waals surface area contributed by atoms with Crippen LogP contribution in [0, 0.1) is 0 Å². The number of aliphatic carboxylic acids is 1. The number of rotatable bonds is 9. The zero-order valence-electron chi connectivity index (χ0n) is 23.5. The number of carbonyl (C=O) groups is 1. The van der Waals surface area contributed by atoms with Gasteiger partial charge in [0, 0.05) is 22.6 Å². The number of halogens is 6. The van der Waals surface area contributed by atoms with Crippen LogP contribution in [-0.4, -0.2) is 17.7 Å². The maximum atomic E-state index is 13.1. The summed E-state index contributed by atoms with van der Waals surface area (Å²) in [5.41, 5.74) is 3.91. The van der Waals surface area contributed by atoms with Gasteiger partial charge in [-0.25, -0.2) is 0 Å². The first-order valence-corrected chi connectivity index (χ1v) is 14.3. The number of alkyl halides is 6. The zero-order valence-corrected chi connectivity index (χ0v) is 24.3. The fourth-order valence-electron chi connectivity index (χ4n) is 3.94. The average molecular weight is 621 g/mol. The highest BCUT2D eigenvalue weighted by Gasteiger charge is 2.31. The van der Waals surface area contributed by atoms with Gasteiger partial charge in [0.2, 0.25) is 0 Å². The number of carboxylic acids is 1. The van der Waals surface area contributed by atoms with Crippen LogP contribution in [0.3, 0.4) is 0 Å². The second kappa shape index (κ2) is 14.9. The van der Waals surface area contributed by atoms with Gasteiger partial charge in [-0.05, 0) is 83.3 Å². The van der Waals surface area contributed by atoms with Crippen molar-refractivity contribution in [3.63, 3.8) is 0 Å². The molecule has 10 heteroatoms. The largest absolute Gasteiger partial charge is 0.493 e. The lowest BCUT2D eigenvalue weighted by atomic mass is 10.0. The third-order valence-corrected chi connectivity index (χ3v) is 7.24.